The van der Waals surface area contributed by atoms with Gasteiger partial charge in [0.2, 0.25) is 5.89 Å². The minimum atomic E-state index is -1.01. The van der Waals surface area contributed by atoms with Gasteiger partial charge in [0.25, 0.3) is 0 Å². The average molecular weight is 288 g/mol. The Kier molecular flexibility index (Phi) is 2.75. The van der Waals surface area contributed by atoms with Crippen molar-refractivity contribution in [3.05, 3.63) is 23.9 Å². The van der Waals surface area contributed by atoms with Crippen LogP contribution in [0.3, 0.4) is 0 Å². The van der Waals surface area contributed by atoms with Gasteiger partial charge >= 0.3 is 5.97 Å². The minimum Gasteiger partial charge on any atom is -0.478 e. The highest BCUT2D eigenvalue weighted by molar-refractivity contribution is 5.86. The Morgan fingerprint density at radius 2 is 1.81 bits per heavy atom. The summed E-state index contributed by atoms with van der Waals surface area (Å²) >= 11 is 0. The van der Waals surface area contributed by atoms with Gasteiger partial charge in [0.1, 0.15) is 0 Å². The molecule has 1 aromatic rings. The fraction of sp³-hybridized carbons (Fsp3) is 0.688. The topological polar surface area (TPSA) is 76.2 Å². The second kappa shape index (κ2) is 4.42. The van der Waals surface area contributed by atoms with Crippen molar-refractivity contribution in [2.45, 2.75) is 50.4 Å². The van der Waals surface area contributed by atoms with Crippen LogP contribution in [0.5, 0.6) is 0 Å². The van der Waals surface area contributed by atoms with Crippen LogP contribution in [0.1, 0.15) is 50.2 Å². The van der Waals surface area contributed by atoms with E-state index in [1.54, 1.807) is 0 Å². The van der Waals surface area contributed by atoms with E-state index in [0.29, 0.717) is 5.89 Å². The summed E-state index contributed by atoms with van der Waals surface area (Å²) in [6.45, 7) is 3.52. The van der Waals surface area contributed by atoms with Gasteiger partial charge in [-0.1, -0.05) is 11.7 Å². The van der Waals surface area contributed by atoms with Gasteiger partial charge in [0.15, 0.2) is 5.82 Å². The van der Waals surface area contributed by atoms with Gasteiger partial charge in [-0.25, -0.2) is 4.79 Å². The first-order valence-corrected chi connectivity index (χ1v) is 7.78. The lowest BCUT2D eigenvalue weighted by Gasteiger charge is -2.55. The van der Waals surface area contributed by atoms with Gasteiger partial charge < -0.3 is 9.63 Å². The maximum absolute atomic E-state index is 10.8. The predicted octanol–water partition coefficient (Wildman–Crippen LogP) is 2.72. The van der Waals surface area contributed by atoms with Crippen LogP contribution in [-0.2, 0) is 16.6 Å². The van der Waals surface area contributed by atoms with Crippen molar-refractivity contribution < 1.29 is 14.4 Å². The number of hydrogen-bond acceptors (Lipinski definition) is 4. The van der Waals surface area contributed by atoms with Gasteiger partial charge in [0, 0.05) is 11.0 Å². The molecule has 5 nitrogen and oxygen atoms in total. The van der Waals surface area contributed by atoms with E-state index in [4.69, 9.17) is 9.63 Å². The van der Waals surface area contributed by atoms with Gasteiger partial charge in [-0.3, -0.25) is 0 Å². The summed E-state index contributed by atoms with van der Waals surface area (Å²) in [6, 6.07) is 0. The second-order valence-electron chi connectivity index (χ2n) is 7.30. The number of carboxylic acid groups (broad SMARTS) is 1. The third-order valence-corrected chi connectivity index (χ3v) is 5.65. The van der Waals surface area contributed by atoms with Crippen molar-refractivity contribution in [2.24, 2.45) is 17.8 Å². The molecular weight excluding hydrogens is 268 g/mol. The molecule has 0 spiro atoms. The molecule has 4 aliphatic rings. The molecule has 112 valence electrons. The molecule has 4 aliphatic carbocycles. The van der Waals surface area contributed by atoms with Crippen molar-refractivity contribution in [3.8, 4) is 0 Å². The first-order chi connectivity index (χ1) is 10.0. The highest BCUT2D eigenvalue weighted by Crippen LogP contribution is 2.60. The van der Waals surface area contributed by atoms with Gasteiger partial charge in [-0.2, -0.15) is 4.98 Å². The van der Waals surface area contributed by atoms with E-state index >= 15 is 0 Å². The number of carboxylic acids is 1. The van der Waals surface area contributed by atoms with Crippen LogP contribution < -0.4 is 0 Å². The quantitative estimate of drug-likeness (QED) is 0.862. The van der Waals surface area contributed by atoms with Crippen LogP contribution in [-0.4, -0.2) is 21.2 Å². The summed E-state index contributed by atoms with van der Waals surface area (Å²) in [5.41, 5.74) is 0.192. The fourth-order valence-corrected chi connectivity index (χ4v) is 5.18. The molecule has 0 radical (unpaired) electrons. The Labute approximate surface area is 123 Å². The molecule has 5 heteroatoms. The third kappa shape index (κ3) is 2.10. The molecule has 4 saturated carbocycles. The zero-order valence-electron chi connectivity index (χ0n) is 12.0. The van der Waals surface area contributed by atoms with Crippen LogP contribution in [0.15, 0.2) is 16.7 Å². The standard InChI is InChI=1S/C16H20N2O3/c1-9(14(19)20)2-13-17-15(18-21-13)16-6-10-3-11(7-16)5-12(4-10)8-16/h10-12H,1-8H2,(H,19,20). The number of carbonyl (C=O) groups is 1. The Hall–Kier alpha value is -1.65. The maximum Gasteiger partial charge on any atom is 0.331 e. The van der Waals surface area contributed by atoms with Crippen molar-refractivity contribution in [1.82, 2.24) is 10.1 Å². The number of rotatable bonds is 4. The number of nitrogens with zero attached hydrogens (tertiary/aromatic N) is 2. The lowest BCUT2D eigenvalue weighted by atomic mass is 9.49. The van der Waals surface area contributed by atoms with E-state index in [9.17, 15) is 4.79 Å². The Morgan fingerprint density at radius 3 is 2.33 bits per heavy atom. The van der Waals surface area contributed by atoms with Crippen molar-refractivity contribution in [2.75, 3.05) is 0 Å². The molecule has 1 heterocycles. The summed E-state index contributed by atoms with van der Waals surface area (Å²) in [6.07, 6.45) is 7.79. The van der Waals surface area contributed by atoms with Gasteiger partial charge in [0.05, 0.1) is 6.42 Å². The summed E-state index contributed by atoms with van der Waals surface area (Å²) in [5, 5.41) is 13.1. The zero-order valence-corrected chi connectivity index (χ0v) is 12.0. The highest BCUT2D eigenvalue weighted by Gasteiger charge is 2.53. The second-order valence-corrected chi connectivity index (χ2v) is 7.30. The summed E-state index contributed by atoms with van der Waals surface area (Å²) in [7, 11) is 0. The Balaban J connectivity index is 1.58. The van der Waals surface area contributed by atoms with E-state index in [1.165, 1.54) is 38.5 Å². The third-order valence-electron chi connectivity index (χ3n) is 5.65. The molecule has 4 bridgehead atoms. The first-order valence-electron chi connectivity index (χ1n) is 7.78. The SMILES string of the molecule is C=C(Cc1nc(C23CC4CC(CC(C4)C2)C3)no1)C(=O)O. The summed E-state index contributed by atoms with van der Waals surface area (Å²) < 4.78 is 5.29. The van der Waals surface area contributed by atoms with E-state index in [1.807, 2.05) is 0 Å². The molecule has 0 atom stereocenters. The van der Waals surface area contributed by atoms with Crippen molar-refractivity contribution >= 4 is 5.97 Å². The van der Waals surface area contributed by atoms with Gasteiger partial charge in [-0.05, 0) is 56.3 Å². The summed E-state index contributed by atoms with van der Waals surface area (Å²) in [4.78, 5) is 15.4. The molecule has 0 saturated heterocycles. The Morgan fingerprint density at radius 1 is 1.24 bits per heavy atom. The molecule has 5 rings (SSSR count). The largest absolute Gasteiger partial charge is 0.478 e. The maximum atomic E-state index is 10.8. The monoisotopic (exact) mass is 288 g/mol. The molecule has 4 fully saturated rings. The molecule has 0 unspecified atom stereocenters. The van der Waals surface area contributed by atoms with Crippen molar-refractivity contribution in [1.29, 1.82) is 0 Å². The molecule has 0 aromatic carbocycles. The van der Waals surface area contributed by atoms with Crippen LogP contribution >= 0.6 is 0 Å². The zero-order chi connectivity index (χ0) is 14.6. The average Bonchev–Trinajstić information content (AvgIpc) is 2.86. The van der Waals surface area contributed by atoms with Crippen LogP contribution in [0.2, 0.25) is 0 Å². The number of aromatic nitrogens is 2. The molecule has 0 amide bonds. The lowest BCUT2D eigenvalue weighted by Crippen LogP contribution is -2.49. The van der Waals surface area contributed by atoms with Gasteiger partial charge in [-0.15, -0.1) is 0 Å². The smallest absolute Gasteiger partial charge is 0.331 e. The molecular formula is C16H20N2O3. The van der Waals surface area contributed by atoms with E-state index in [-0.39, 0.29) is 17.4 Å². The van der Waals surface area contributed by atoms with Crippen LogP contribution in [0.4, 0.5) is 0 Å². The van der Waals surface area contributed by atoms with E-state index < -0.39 is 5.97 Å². The Bertz CT molecular complexity index is 569. The predicted molar refractivity (Wildman–Crippen MR) is 74.6 cm³/mol. The summed E-state index contributed by atoms with van der Waals surface area (Å²) in [5.74, 6) is 2.67. The lowest BCUT2D eigenvalue weighted by molar-refractivity contribution is -0.132. The molecule has 21 heavy (non-hydrogen) atoms. The van der Waals surface area contributed by atoms with E-state index in [2.05, 4.69) is 16.7 Å². The van der Waals surface area contributed by atoms with Crippen LogP contribution in [0, 0.1) is 17.8 Å². The molecule has 1 aromatic heterocycles. The van der Waals surface area contributed by atoms with Crippen molar-refractivity contribution in [3.63, 3.8) is 0 Å². The first kappa shape index (κ1) is 13.0. The highest BCUT2D eigenvalue weighted by atomic mass is 16.5. The normalized spacial score (nSPS) is 36.9. The van der Waals surface area contributed by atoms with Crippen LogP contribution in [0.25, 0.3) is 0 Å². The fourth-order valence-electron chi connectivity index (χ4n) is 5.18. The molecule has 0 aliphatic heterocycles. The number of aliphatic carboxylic acids is 1. The van der Waals surface area contributed by atoms with E-state index in [0.717, 1.165) is 23.6 Å². The minimum absolute atomic E-state index is 0.0933. The number of hydrogen-bond donors (Lipinski definition) is 1. The molecule has 1 N–H and O–H groups in total.